The van der Waals surface area contributed by atoms with Crippen molar-refractivity contribution in [3.05, 3.63) is 0 Å². The van der Waals surface area contributed by atoms with E-state index in [9.17, 15) is 0 Å². The SMILES string of the molecule is NNCCCNN. The molecule has 44 valence electrons. The van der Waals surface area contributed by atoms with Crippen LogP contribution in [0.25, 0.3) is 0 Å². The van der Waals surface area contributed by atoms with Crippen LogP contribution in [0.15, 0.2) is 0 Å². The minimum atomic E-state index is 0.810. The number of rotatable bonds is 4. The Morgan fingerprint density at radius 1 is 1.00 bits per heavy atom. The Kier molecular flexibility index (Phi) is 5.71. The summed E-state index contributed by atoms with van der Waals surface area (Å²) in [5.41, 5.74) is 5.01. The Morgan fingerprint density at radius 3 is 1.71 bits per heavy atom. The Bertz CT molecular complexity index is 26.1. The van der Waals surface area contributed by atoms with Gasteiger partial charge in [-0.2, -0.15) is 0 Å². The van der Waals surface area contributed by atoms with E-state index >= 15 is 0 Å². The van der Waals surface area contributed by atoms with Crippen LogP contribution in [0.4, 0.5) is 0 Å². The van der Waals surface area contributed by atoms with Gasteiger partial charge in [0.2, 0.25) is 0 Å². The molecule has 0 atom stereocenters. The standard InChI is InChI=1S/C3H12N4/c4-6-2-1-3-7-5/h6-7H,1-5H2. The molecule has 4 heteroatoms. The molecule has 0 aromatic heterocycles. The van der Waals surface area contributed by atoms with E-state index in [-0.39, 0.29) is 0 Å². The highest BCUT2D eigenvalue weighted by Crippen LogP contribution is 1.64. The van der Waals surface area contributed by atoms with Crippen LogP contribution in [0.1, 0.15) is 6.42 Å². The summed E-state index contributed by atoms with van der Waals surface area (Å²) in [5, 5.41) is 0. The Morgan fingerprint density at radius 2 is 1.43 bits per heavy atom. The molecular formula is C3H12N4. The summed E-state index contributed by atoms with van der Waals surface area (Å²) < 4.78 is 0. The van der Waals surface area contributed by atoms with Gasteiger partial charge in [0, 0.05) is 13.1 Å². The lowest BCUT2D eigenvalue weighted by molar-refractivity contribution is 0.625. The quantitative estimate of drug-likeness (QED) is 0.195. The molecule has 0 unspecified atom stereocenters. The van der Waals surface area contributed by atoms with E-state index in [1.807, 2.05) is 0 Å². The zero-order chi connectivity index (χ0) is 5.54. The molecule has 4 nitrogen and oxygen atoms in total. The van der Waals surface area contributed by atoms with Gasteiger partial charge in [-0.05, 0) is 6.42 Å². The maximum absolute atomic E-state index is 4.95. The molecule has 6 N–H and O–H groups in total. The zero-order valence-electron chi connectivity index (χ0n) is 4.28. The van der Waals surface area contributed by atoms with Crippen molar-refractivity contribution in [2.75, 3.05) is 13.1 Å². The molecule has 0 heterocycles. The average Bonchev–Trinajstić information content (AvgIpc) is 1.69. The topological polar surface area (TPSA) is 76.1 Å². The van der Waals surface area contributed by atoms with Crippen molar-refractivity contribution in [1.29, 1.82) is 0 Å². The van der Waals surface area contributed by atoms with E-state index in [0.717, 1.165) is 19.5 Å². The number of hydrogen-bond donors (Lipinski definition) is 4. The van der Waals surface area contributed by atoms with Gasteiger partial charge < -0.3 is 0 Å². The van der Waals surface area contributed by atoms with Crippen molar-refractivity contribution in [3.8, 4) is 0 Å². The fourth-order valence-electron chi connectivity index (χ4n) is 0.293. The van der Waals surface area contributed by atoms with Crippen molar-refractivity contribution in [2.24, 2.45) is 11.7 Å². The molecule has 0 saturated carbocycles. The van der Waals surface area contributed by atoms with Gasteiger partial charge >= 0.3 is 0 Å². The molecule has 7 heavy (non-hydrogen) atoms. The third-order valence-corrected chi connectivity index (χ3v) is 0.642. The van der Waals surface area contributed by atoms with Gasteiger partial charge in [-0.1, -0.05) is 0 Å². The third-order valence-electron chi connectivity index (χ3n) is 0.642. The van der Waals surface area contributed by atoms with Crippen LogP contribution in [0.5, 0.6) is 0 Å². The normalized spacial score (nSPS) is 9.43. The maximum Gasteiger partial charge on any atom is 0.0110 e. The van der Waals surface area contributed by atoms with Crippen LogP contribution < -0.4 is 22.5 Å². The summed E-state index contributed by atoms with van der Waals surface area (Å²) in [6.07, 6.45) is 0.965. The summed E-state index contributed by atoms with van der Waals surface area (Å²) in [6, 6.07) is 0. The summed E-state index contributed by atoms with van der Waals surface area (Å²) in [7, 11) is 0. The molecule has 0 aliphatic heterocycles. The molecule has 0 bridgehead atoms. The fraction of sp³-hybridized carbons (Fsp3) is 1.00. The first kappa shape index (κ1) is 6.84. The van der Waals surface area contributed by atoms with Crippen molar-refractivity contribution in [2.45, 2.75) is 6.42 Å². The highest BCUT2D eigenvalue weighted by atomic mass is 15.2. The highest BCUT2D eigenvalue weighted by molar-refractivity contribution is 4.39. The van der Waals surface area contributed by atoms with Gasteiger partial charge in [-0.15, -0.1) is 0 Å². The Labute approximate surface area is 43.2 Å². The van der Waals surface area contributed by atoms with Crippen molar-refractivity contribution >= 4 is 0 Å². The first-order chi connectivity index (χ1) is 3.41. The smallest absolute Gasteiger partial charge is 0.0110 e. The second kappa shape index (κ2) is 5.84. The van der Waals surface area contributed by atoms with Gasteiger partial charge in [0.15, 0.2) is 0 Å². The van der Waals surface area contributed by atoms with Gasteiger partial charge in [0.25, 0.3) is 0 Å². The van der Waals surface area contributed by atoms with Crippen molar-refractivity contribution in [1.82, 2.24) is 10.9 Å². The Balaban J connectivity index is 2.45. The second-order valence-electron chi connectivity index (χ2n) is 1.26. The fourth-order valence-corrected chi connectivity index (χ4v) is 0.293. The van der Waals surface area contributed by atoms with E-state index in [1.165, 1.54) is 0 Å². The summed E-state index contributed by atoms with van der Waals surface area (Å²) in [4.78, 5) is 0. The maximum atomic E-state index is 4.95. The van der Waals surface area contributed by atoms with Crippen LogP contribution in [-0.2, 0) is 0 Å². The summed E-state index contributed by atoms with van der Waals surface area (Å²) in [6.45, 7) is 1.62. The molecular weight excluding hydrogens is 92.1 g/mol. The van der Waals surface area contributed by atoms with E-state index in [2.05, 4.69) is 10.9 Å². The molecule has 0 aromatic rings. The largest absolute Gasteiger partial charge is 0.271 e. The summed E-state index contributed by atoms with van der Waals surface area (Å²) >= 11 is 0. The highest BCUT2D eigenvalue weighted by Gasteiger charge is 1.78. The monoisotopic (exact) mass is 104 g/mol. The third kappa shape index (κ3) is 5.84. The van der Waals surface area contributed by atoms with Crippen LogP contribution in [0.2, 0.25) is 0 Å². The van der Waals surface area contributed by atoms with Crippen LogP contribution >= 0.6 is 0 Å². The molecule has 0 aliphatic rings. The molecule has 0 spiro atoms. The molecule has 0 aliphatic carbocycles. The number of nitrogens with one attached hydrogen (secondary N) is 2. The lowest BCUT2D eigenvalue weighted by atomic mass is 10.4. The lowest BCUT2D eigenvalue weighted by Gasteiger charge is -1.95. The van der Waals surface area contributed by atoms with Gasteiger partial charge in [0.05, 0.1) is 0 Å². The molecule has 0 fully saturated rings. The molecule has 0 amide bonds. The van der Waals surface area contributed by atoms with E-state index in [0.29, 0.717) is 0 Å². The van der Waals surface area contributed by atoms with E-state index in [1.54, 1.807) is 0 Å². The number of nitrogens with two attached hydrogens (primary N) is 2. The minimum Gasteiger partial charge on any atom is -0.271 e. The molecule has 0 aromatic carbocycles. The average molecular weight is 104 g/mol. The Hall–Kier alpha value is -0.160. The van der Waals surface area contributed by atoms with Gasteiger partial charge in [0.1, 0.15) is 0 Å². The minimum absolute atomic E-state index is 0.810. The number of hydrazine groups is 2. The lowest BCUT2D eigenvalue weighted by Crippen LogP contribution is -2.29. The van der Waals surface area contributed by atoms with Gasteiger partial charge in [-0.3, -0.25) is 22.5 Å². The molecule has 0 saturated heterocycles. The predicted octanol–water partition coefficient (Wildman–Crippen LogP) is -1.70. The van der Waals surface area contributed by atoms with Crippen molar-refractivity contribution in [3.63, 3.8) is 0 Å². The summed E-state index contributed by atoms with van der Waals surface area (Å²) in [5.74, 6) is 9.90. The van der Waals surface area contributed by atoms with E-state index < -0.39 is 0 Å². The zero-order valence-corrected chi connectivity index (χ0v) is 4.28. The first-order valence-corrected chi connectivity index (χ1v) is 2.28. The van der Waals surface area contributed by atoms with E-state index in [4.69, 9.17) is 11.7 Å². The number of hydrogen-bond acceptors (Lipinski definition) is 4. The van der Waals surface area contributed by atoms with Crippen LogP contribution in [-0.4, -0.2) is 13.1 Å². The van der Waals surface area contributed by atoms with Crippen LogP contribution in [0.3, 0.4) is 0 Å². The second-order valence-corrected chi connectivity index (χ2v) is 1.26. The first-order valence-electron chi connectivity index (χ1n) is 2.28. The van der Waals surface area contributed by atoms with Crippen molar-refractivity contribution < 1.29 is 0 Å². The van der Waals surface area contributed by atoms with Crippen LogP contribution in [0, 0.1) is 0 Å². The predicted molar refractivity (Wildman–Crippen MR) is 29.0 cm³/mol. The molecule has 0 rings (SSSR count). The van der Waals surface area contributed by atoms with Gasteiger partial charge in [-0.25, -0.2) is 0 Å². The molecule has 0 radical (unpaired) electrons.